The maximum absolute atomic E-state index is 14.0. The summed E-state index contributed by atoms with van der Waals surface area (Å²) in [6.45, 7) is 7.04. The number of para-hydroxylation sites is 1. The number of nitrogens with two attached hydrogens (primary N) is 3. The average molecular weight is 1000 g/mol. The number of carbonyl (C=O) groups excluding carboxylic acids is 8. The van der Waals surface area contributed by atoms with Crippen molar-refractivity contribution < 1.29 is 63.3 Å². The molecule has 26 heteroatoms. The Balaban J connectivity index is 1.73. The molecular weight excluding hydrogens is 931 g/mol. The van der Waals surface area contributed by atoms with Gasteiger partial charge in [0.15, 0.2) is 5.96 Å². The van der Waals surface area contributed by atoms with Crippen molar-refractivity contribution in [1.29, 1.82) is 0 Å². The topological polar surface area (TPSA) is 425 Å². The van der Waals surface area contributed by atoms with Crippen LogP contribution in [0.1, 0.15) is 85.1 Å². The van der Waals surface area contributed by atoms with Crippen molar-refractivity contribution in [2.24, 2.45) is 28.1 Å². The molecule has 0 spiro atoms. The third kappa shape index (κ3) is 18.5. The number of likely N-dealkylation sites (tertiary alicyclic amines) is 1. The van der Waals surface area contributed by atoms with Crippen LogP contribution in [-0.4, -0.2) is 164 Å². The van der Waals surface area contributed by atoms with Gasteiger partial charge in [0.25, 0.3) is 0 Å². The molecule has 1 aromatic heterocycles. The number of carboxylic acid groups (broad SMARTS) is 2. The number of amides is 8. The largest absolute Gasteiger partial charge is 0.481 e. The molecule has 0 unspecified atom stereocenters. The van der Waals surface area contributed by atoms with Crippen molar-refractivity contribution in [3.63, 3.8) is 0 Å². The minimum Gasteiger partial charge on any atom is -0.481 e. The van der Waals surface area contributed by atoms with E-state index in [1.165, 1.54) is 25.7 Å². The quantitative estimate of drug-likeness (QED) is 0.0224. The molecule has 1 aliphatic heterocycles. The molecule has 9 atom stereocenters. The summed E-state index contributed by atoms with van der Waals surface area (Å²) in [6, 6.07) is -3.35. The number of rotatable bonds is 28. The molecule has 8 amide bonds. The number of carboxylic acids is 2. The van der Waals surface area contributed by atoms with Gasteiger partial charge < -0.3 is 79.6 Å². The predicted molar refractivity (Wildman–Crippen MR) is 256 cm³/mol. The van der Waals surface area contributed by atoms with Crippen LogP contribution in [0.3, 0.4) is 0 Å². The predicted octanol–water partition coefficient (Wildman–Crippen LogP) is -3.48. The van der Waals surface area contributed by atoms with E-state index in [-0.39, 0.29) is 50.7 Å². The van der Waals surface area contributed by atoms with E-state index in [1.54, 1.807) is 44.3 Å². The number of nitrogens with zero attached hydrogens (tertiary/aromatic N) is 2. The SMILES string of the molecule is CC(C)C[C@H](NC(=O)[C@@H](N)CCCN=C(N)N)C(=O)N[C@H](C(=O)NCC(=O)N[C@@H](CCC(=O)O)C(=O)N[C@@H](Cc1c[nH]c2ccccc12)C(=O)N[C@@H](C)C(=O)N[C@@H](C)C(=O)N1CCC[C@H]1C(=O)O)[C@@H](C)O. The second-order valence-corrected chi connectivity index (χ2v) is 17.9. The standard InChI is InChI=1S/C45H69N13O13/c1-22(2)18-31(55-38(64)28(46)11-8-16-49-45(47)48)41(67)57-36(25(5)59)42(68)51-21-34(60)54-30(14-15-35(61)62)39(65)56-32(19-26-20-50-29-12-7-6-10-27(26)29)40(66)52-23(3)37(63)53-24(4)43(69)58-17-9-13-33(58)44(70)71/h6-7,10,12,20,22-25,28,30-33,36,50,59H,8-9,11,13-19,21,46H2,1-5H3,(H,51,68)(H,52,66)(H,53,63)(H,54,60)(H,55,64)(H,56,65)(H,57,67)(H,61,62)(H,70,71)(H4,47,48,49)/t23-,24-,25+,28-,30-,31-,32-,33-,36-/m0/s1. The number of guanidine groups is 1. The average Bonchev–Trinajstić information content (AvgIpc) is 3.97. The molecule has 0 radical (unpaired) electrons. The van der Waals surface area contributed by atoms with Crippen molar-refractivity contribution in [2.75, 3.05) is 19.6 Å². The van der Waals surface area contributed by atoms with Crippen LogP contribution in [0.5, 0.6) is 0 Å². The number of carbonyl (C=O) groups is 10. The minimum absolute atomic E-state index is 0.117. The van der Waals surface area contributed by atoms with Crippen molar-refractivity contribution >= 4 is 76.1 Å². The van der Waals surface area contributed by atoms with Gasteiger partial charge >= 0.3 is 11.9 Å². The van der Waals surface area contributed by atoms with E-state index in [9.17, 15) is 63.3 Å². The second-order valence-electron chi connectivity index (χ2n) is 17.9. The smallest absolute Gasteiger partial charge is 0.326 e. The van der Waals surface area contributed by atoms with Gasteiger partial charge in [0.05, 0.1) is 18.7 Å². The zero-order chi connectivity index (χ0) is 53.1. The van der Waals surface area contributed by atoms with Crippen LogP contribution >= 0.6 is 0 Å². The van der Waals surface area contributed by atoms with E-state index >= 15 is 0 Å². The Morgan fingerprint density at radius 1 is 0.775 bits per heavy atom. The number of nitrogens with one attached hydrogen (secondary N) is 8. The number of aliphatic hydroxyl groups excluding tert-OH is 1. The van der Waals surface area contributed by atoms with Crippen molar-refractivity contribution in [3.8, 4) is 0 Å². The highest BCUT2D eigenvalue weighted by atomic mass is 16.4. The number of hydrogen-bond acceptors (Lipinski definition) is 13. The van der Waals surface area contributed by atoms with Crippen LogP contribution < -0.4 is 54.4 Å². The van der Waals surface area contributed by atoms with Gasteiger partial charge in [0.1, 0.15) is 42.3 Å². The van der Waals surface area contributed by atoms with Crippen molar-refractivity contribution in [2.45, 2.75) is 140 Å². The molecule has 1 fully saturated rings. The van der Waals surface area contributed by atoms with Crippen molar-refractivity contribution in [3.05, 3.63) is 36.0 Å². The third-order valence-corrected chi connectivity index (χ3v) is 11.5. The summed E-state index contributed by atoms with van der Waals surface area (Å²) in [5.74, 6) is -9.62. The van der Waals surface area contributed by atoms with Gasteiger partial charge in [0.2, 0.25) is 47.3 Å². The number of aromatic amines is 1. The zero-order valence-corrected chi connectivity index (χ0v) is 40.5. The molecular formula is C45H69N13O13. The minimum atomic E-state index is -1.65. The molecule has 2 aromatic rings. The lowest BCUT2D eigenvalue weighted by atomic mass is 10.0. The van der Waals surface area contributed by atoms with Crippen LogP contribution in [0.4, 0.5) is 0 Å². The van der Waals surface area contributed by atoms with Crippen LogP contribution in [0.25, 0.3) is 10.9 Å². The number of aromatic nitrogens is 1. The molecule has 0 bridgehead atoms. The van der Waals surface area contributed by atoms with E-state index in [4.69, 9.17) is 17.2 Å². The number of hydrogen-bond donors (Lipinski definition) is 14. The van der Waals surface area contributed by atoms with Gasteiger partial charge in [-0.15, -0.1) is 0 Å². The first-order valence-electron chi connectivity index (χ1n) is 23.3. The summed E-state index contributed by atoms with van der Waals surface area (Å²) < 4.78 is 0. The fourth-order valence-electron chi connectivity index (χ4n) is 7.67. The lowest BCUT2D eigenvalue weighted by Gasteiger charge is -2.27. The lowest BCUT2D eigenvalue weighted by Crippen LogP contribution is -2.60. The van der Waals surface area contributed by atoms with Crippen LogP contribution in [0, 0.1) is 5.92 Å². The summed E-state index contributed by atoms with van der Waals surface area (Å²) in [4.78, 5) is 139. The van der Waals surface area contributed by atoms with Crippen LogP contribution in [0.15, 0.2) is 35.5 Å². The van der Waals surface area contributed by atoms with Gasteiger partial charge in [-0.3, -0.25) is 48.1 Å². The normalized spacial score (nSPS) is 16.7. The Morgan fingerprint density at radius 2 is 1.41 bits per heavy atom. The number of aliphatic hydroxyl groups is 1. The lowest BCUT2D eigenvalue weighted by molar-refractivity contribution is -0.149. The number of benzene rings is 1. The highest BCUT2D eigenvalue weighted by Crippen LogP contribution is 2.20. The molecule has 1 aliphatic rings. The molecule has 3 rings (SSSR count). The molecule has 1 aromatic carbocycles. The van der Waals surface area contributed by atoms with Gasteiger partial charge in [0, 0.05) is 43.0 Å². The molecule has 17 N–H and O–H groups in total. The number of aliphatic imine (C=N–C) groups is 1. The van der Waals surface area contributed by atoms with E-state index in [0.29, 0.717) is 29.3 Å². The number of aliphatic carboxylic acids is 2. The molecule has 71 heavy (non-hydrogen) atoms. The van der Waals surface area contributed by atoms with Crippen molar-refractivity contribution in [1.82, 2.24) is 47.1 Å². The monoisotopic (exact) mass is 1000 g/mol. The Morgan fingerprint density at radius 3 is 2.04 bits per heavy atom. The maximum Gasteiger partial charge on any atom is 0.326 e. The summed E-state index contributed by atoms with van der Waals surface area (Å²) in [7, 11) is 0. The molecule has 392 valence electrons. The van der Waals surface area contributed by atoms with E-state index < -0.39 is 133 Å². The third-order valence-electron chi connectivity index (χ3n) is 11.5. The first-order valence-corrected chi connectivity index (χ1v) is 23.3. The van der Waals surface area contributed by atoms with Gasteiger partial charge in [-0.1, -0.05) is 32.0 Å². The fraction of sp³-hybridized carbons (Fsp3) is 0.578. The van der Waals surface area contributed by atoms with Crippen LogP contribution in [-0.2, 0) is 54.4 Å². The number of fused-ring (bicyclic) bond motifs is 1. The van der Waals surface area contributed by atoms with Crippen LogP contribution in [0.2, 0.25) is 0 Å². The fourth-order valence-corrected chi connectivity index (χ4v) is 7.67. The molecule has 2 heterocycles. The molecule has 1 saturated heterocycles. The van der Waals surface area contributed by atoms with Gasteiger partial charge in [-0.25, -0.2) is 4.79 Å². The Labute approximate surface area is 409 Å². The second kappa shape index (κ2) is 27.7. The zero-order valence-electron chi connectivity index (χ0n) is 40.5. The first-order chi connectivity index (χ1) is 33.4. The Kier molecular flexibility index (Phi) is 22.6. The maximum atomic E-state index is 14.0. The molecule has 26 nitrogen and oxygen atoms in total. The number of H-pyrrole nitrogens is 1. The first kappa shape index (κ1) is 58.0. The molecule has 0 saturated carbocycles. The summed E-state index contributed by atoms with van der Waals surface area (Å²) in [6.07, 6.45) is 0.190. The van der Waals surface area contributed by atoms with Gasteiger partial charge in [-0.05, 0) is 76.8 Å². The van der Waals surface area contributed by atoms with E-state index in [1.807, 2.05) is 0 Å². The highest BCUT2D eigenvalue weighted by Gasteiger charge is 2.37. The Bertz CT molecular complexity index is 2260. The highest BCUT2D eigenvalue weighted by molar-refractivity contribution is 5.98. The van der Waals surface area contributed by atoms with Gasteiger partial charge in [-0.2, -0.15) is 0 Å². The molecule has 0 aliphatic carbocycles. The summed E-state index contributed by atoms with van der Waals surface area (Å²) >= 11 is 0. The van der Waals surface area contributed by atoms with E-state index in [0.717, 1.165) is 0 Å². The van der Waals surface area contributed by atoms with E-state index in [2.05, 4.69) is 47.2 Å². The summed E-state index contributed by atoms with van der Waals surface area (Å²) in [5.41, 5.74) is 17.9. The summed E-state index contributed by atoms with van der Waals surface area (Å²) in [5, 5.41) is 47.3. The Hall–Kier alpha value is -7.35.